The Kier molecular flexibility index (Phi) is 20.8. The predicted octanol–water partition coefficient (Wildman–Crippen LogP) is 4.46. The van der Waals surface area contributed by atoms with Gasteiger partial charge in [-0.3, -0.25) is 0 Å². The summed E-state index contributed by atoms with van der Waals surface area (Å²) in [6, 6.07) is 0. The van der Waals surface area contributed by atoms with E-state index in [2.05, 4.69) is 19.6 Å². The van der Waals surface area contributed by atoms with Crippen LogP contribution in [0.4, 0.5) is 0 Å². The molecule has 0 aliphatic rings. The van der Waals surface area contributed by atoms with Crippen LogP contribution in [0, 0.1) is 0 Å². The summed E-state index contributed by atoms with van der Waals surface area (Å²) in [6.45, 7) is 2.28. The average molecular weight is 321 g/mol. The summed E-state index contributed by atoms with van der Waals surface area (Å²) in [6.07, 6.45) is 14.2. The van der Waals surface area contributed by atoms with Gasteiger partial charge in [-0.25, -0.2) is 0 Å². The molecule has 0 aliphatic carbocycles. The topological polar surface area (TPSA) is 0 Å². The van der Waals surface area contributed by atoms with Gasteiger partial charge < -0.3 is 0 Å². The van der Waals surface area contributed by atoms with Gasteiger partial charge in [0.15, 0.2) is 0 Å². The van der Waals surface area contributed by atoms with Crippen LogP contribution in [0.2, 0.25) is 0 Å². The second-order valence-electron chi connectivity index (χ2n) is 3.91. The van der Waals surface area contributed by atoms with Crippen molar-refractivity contribution in [1.29, 1.82) is 0 Å². The first kappa shape index (κ1) is 17.5. The third-order valence-electron chi connectivity index (χ3n) is 2.51. The average Bonchev–Trinajstić information content (AvgIpc) is 2.16. The van der Waals surface area contributed by atoms with E-state index in [0.717, 1.165) is 5.75 Å². The fraction of sp³-hybridized carbons (Fsp3) is 1.00. The molecule has 0 heterocycles. The molecule has 4 radical (unpaired) electrons. The smallest absolute Gasteiger partial charge is 0 e. The van der Waals surface area contributed by atoms with Crippen molar-refractivity contribution in [3.63, 3.8) is 0 Å². The van der Waals surface area contributed by atoms with Crippen LogP contribution in [-0.4, -0.2) is 29.7 Å². The molecule has 0 aliphatic heterocycles. The summed E-state index contributed by atoms with van der Waals surface area (Å²) in [5.41, 5.74) is 0. The summed E-state index contributed by atoms with van der Waals surface area (Å²) in [7, 11) is 0. The van der Waals surface area contributed by atoms with Gasteiger partial charge in [0.05, 0.1) is 0 Å². The van der Waals surface area contributed by atoms with Crippen molar-refractivity contribution in [2.75, 3.05) is 5.75 Å². The summed E-state index contributed by atoms with van der Waals surface area (Å²) < 4.78 is 0. The van der Waals surface area contributed by atoms with Crippen LogP contribution < -0.4 is 0 Å². The van der Waals surface area contributed by atoms with E-state index in [1.807, 2.05) is 0 Å². The zero-order chi connectivity index (χ0) is 9.78. The molecule has 0 rings (SSSR count). The van der Waals surface area contributed by atoms with Crippen LogP contribution in [0.5, 0.6) is 0 Å². The second kappa shape index (κ2) is 16.6. The molecule has 0 amide bonds. The molecule has 0 unspecified atom stereocenters. The largest absolute Gasteiger partial charge is 0.179 e. The van der Waals surface area contributed by atoms with Gasteiger partial charge in [0.2, 0.25) is 0 Å². The summed E-state index contributed by atoms with van der Waals surface area (Å²) >= 11 is 4.20. The van der Waals surface area contributed by atoms with Crippen LogP contribution in [0.3, 0.4) is 0 Å². The van der Waals surface area contributed by atoms with Gasteiger partial charge in [-0.1, -0.05) is 64.7 Å². The second-order valence-corrected chi connectivity index (χ2v) is 4.35. The minimum Gasteiger partial charge on any atom is -0.179 e. The van der Waals surface area contributed by atoms with Gasteiger partial charge >= 0.3 is 0 Å². The van der Waals surface area contributed by atoms with Gasteiger partial charge in [0.1, 0.15) is 0 Å². The van der Waals surface area contributed by atoms with Crippen molar-refractivity contribution in [2.24, 2.45) is 0 Å². The van der Waals surface area contributed by atoms with Crippen LogP contribution in [0.1, 0.15) is 71.1 Å². The fourth-order valence-corrected chi connectivity index (χ4v) is 1.82. The number of hydrogen-bond acceptors (Lipinski definition) is 1. The molecular weight excluding hydrogens is 295 g/mol. The fourth-order valence-electron chi connectivity index (χ4n) is 1.60. The monoisotopic (exact) mass is 322 g/mol. The molecule has 84 valence electrons. The van der Waals surface area contributed by atoms with E-state index in [4.69, 9.17) is 0 Å². The van der Waals surface area contributed by atoms with Crippen molar-refractivity contribution in [3.8, 4) is 0 Å². The Morgan fingerprint density at radius 1 is 0.643 bits per heavy atom. The van der Waals surface area contributed by atoms with Crippen molar-refractivity contribution >= 4 is 36.5 Å². The van der Waals surface area contributed by atoms with E-state index in [1.54, 1.807) is 0 Å². The van der Waals surface area contributed by atoms with E-state index in [9.17, 15) is 0 Å². The number of thiol groups is 1. The molecule has 14 heavy (non-hydrogen) atoms. The molecule has 0 atom stereocenters. The first-order valence-electron chi connectivity index (χ1n) is 6.02. The van der Waals surface area contributed by atoms with Gasteiger partial charge in [-0.05, 0) is 12.2 Å². The minimum atomic E-state index is 0. The van der Waals surface area contributed by atoms with Gasteiger partial charge in [0.25, 0.3) is 0 Å². The molecule has 0 saturated carbocycles. The molecule has 0 nitrogen and oxygen atoms in total. The molecule has 0 fully saturated rings. The Bertz CT molecular complexity index is 76.4. The Hall–Kier alpha value is 1.15. The van der Waals surface area contributed by atoms with Gasteiger partial charge in [0, 0.05) is 23.9 Å². The third kappa shape index (κ3) is 15.6. The van der Waals surface area contributed by atoms with Gasteiger partial charge in [-0.2, -0.15) is 12.6 Å². The molecule has 0 aromatic heterocycles. The first-order chi connectivity index (χ1) is 6.41. The standard InChI is InChI=1S/C12H26S.Sn/c1-2-3-4-5-6-7-8-9-10-11-12-13;/h13H,2-12H2,1H3;. The number of hydrogen-bond donors (Lipinski definition) is 1. The first-order valence-corrected chi connectivity index (χ1v) is 6.66. The zero-order valence-corrected chi connectivity index (χ0v) is 13.5. The van der Waals surface area contributed by atoms with Crippen LogP contribution in [0.15, 0.2) is 0 Å². The molecule has 0 spiro atoms. The molecule has 0 aromatic carbocycles. The minimum absolute atomic E-state index is 0. The normalized spacial score (nSPS) is 9.86. The molecular formula is C12H26SSn. The molecule has 0 aromatic rings. The van der Waals surface area contributed by atoms with Crippen LogP contribution >= 0.6 is 12.6 Å². The number of unbranched alkanes of at least 4 members (excludes halogenated alkanes) is 9. The Balaban J connectivity index is 0. The van der Waals surface area contributed by atoms with E-state index >= 15 is 0 Å². The van der Waals surface area contributed by atoms with Crippen LogP contribution in [-0.2, 0) is 0 Å². The van der Waals surface area contributed by atoms with E-state index in [-0.39, 0.29) is 23.9 Å². The molecule has 0 N–H and O–H groups in total. The molecule has 0 bridgehead atoms. The number of rotatable bonds is 10. The molecule has 0 saturated heterocycles. The Labute approximate surface area is 113 Å². The summed E-state index contributed by atoms with van der Waals surface area (Å²) in [5.74, 6) is 1.07. The van der Waals surface area contributed by atoms with Crippen molar-refractivity contribution < 1.29 is 0 Å². The zero-order valence-electron chi connectivity index (χ0n) is 9.73. The van der Waals surface area contributed by atoms with Gasteiger partial charge in [-0.15, -0.1) is 0 Å². The quantitative estimate of drug-likeness (QED) is 0.343. The maximum atomic E-state index is 4.20. The third-order valence-corrected chi connectivity index (χ3v) is 2.83. The summed E-state index contributed by atoms with van der Waals surface area (Å²) in [5, 5.41) is 0. The van der Waals surface area contributed by atoms with E-state index < -0.39 is 0 Å². The molecule has 2 heteroatoms. The van der Waals surface area contributed by atoms with E-state index in [0.29, 0.717) is 0 Å². The maximum Gasteiger partial charge on any atom is 0 e. The Morgan fingerprint density at radius 3 is 1.36 bits per heavy atom. The van der Waals surface area contributed by atoms with E-state index in [1.165, 1.54) is 64.2 Å². The summed E-state index contributed by atoms with van der Waals surface area (Å²) in [4.78, 5) is 0. The van der Waals surface area contributed by atoms with Crippen LogP contribution in [0.25, 0.3) is 0 Å². The SMILES string of the molecule is CCCCCCCCCCCCS.[Sn]. The maximum absolute atomic E-state index is 4.20. The van der Waals surface area contributed by atoms with Crippen molar-refractivity contribution in [1.82, 2.24) is 0 Å². The Morgan fingerprint density at radius 2 is 1.00 bits per heavy atom. The van der Waals surface area contributed by atoms with Crippen molar-refractivity contribution in [3.05, 3.63) is 0 Å². The van der Waals surface area contributed by atoms with Crippen molar-refractivity contribution in [2.45, 2.75) is 71.1 Å². The predicted molar refractivity (Wildman–Crippen MR) is 71.5 cm³/mol.